The number of hydrogen-bond acceptors (Lipinski definition) is 4. The molecule has 1 amide bonds. The Morgan fingerprint density at radius 1 is 0.821 bits per heavy atom. The summed E-state index contributed by atoms with van der Waals surface area (Å²) >= 11 is 0. The number of rotatable bonds is 7. The lowest BCUT2D eigenvalue weighted by Crippen LogP contribution is -2.31. The first-order valence-electron chi connectivity index (χ1n) is 8.89. The molecule has 3 aromatic rings. The predicted octanol–water partition coefficient (Wildman–Crippen LogP) is 4.09. The molecule has 0 aliphatic carbocycles. The number of para-hydroxylation sites is 1. The number of hydrogen-bond donors (Lipinski definition) is 0. The van der Waals surface area contributed by atoms with Crippen LogP contribution in [0.25, 0.3) is 0 Å². The number of likely N-dealkylation sites (N-methyl/N-ethyl adjacent to an activating group) is 1. The predicted molar refractivity (Wildman–Crippen MR) is 107 cm³/mol. The monoisotopic (exact) mass is 375 g/mol. The second kappa shape index (κ2) is 9.37. The molecule has 0 saturated heterocycles. The Morgan fingerprint density at radius 2 is 1.43 bits per heavy atom. The molecule has 5 nitrogen and oxygen atoms in total. The van der Waals surface area contributed by atoms with Gasteiger partial charge in [-0.15, -0.1) is 0 Å². The van der Waals surface area contributed by atoms with E-state index in [9.17, 15) is 9.59 Å². The summed E-state index contributed by atoms with van der Waals surface area (Å²) in [5, 5.41) is 0. The lowest BCUT2D eigenvalue weighted by Gasteiger charge is -2.17. The lowest BCUT2D eigenvalue weighted by atomic mass is 10.2. The van der Waals surface area contributed by atoms with Crippen LogP contribution in [-0.4, -0.2) is 25.5 Å². The van der Waals surface area contributed by atoms with Crippen molar-refractivity contribution in [2.75, 3.05) is 18.6 Å². The van der Waals surface area contributed by atoms with Gasteiger partial charge in [-0.25, -0.2) is 4.79 Å². The quantitative estimate of drug-likeness (QED) is 0.584. The van der Waals surface area contributed by atoms with Crippen molar-refractivity contribution in [3.63, 3.8) is 0 Å². The van der Waals surface area contributed by atoms with Crippen LogP contribution in [0.3, 0.4) is 0 Å². The summed E-state index contributed by atoms with van der Waals surface area (Å²) in [7, 11) is 1.64. The Balaban J connectivity index is 1.49. The molecule has 5 heteroatoms. The van der Waals surface area contributed by atoms with Crippen LogP contribution in [-0.2, 0) is 16.1 Å². The molecule has 0 heterocycles. The third-order valence-corrected chi connectivity index (χ3v) is 4.18. The van der Waals surface area contributed by atoms with Gasteiger partial charge in [0.1, 0.15) is 12.4 Å². The van der Waals surface area contributed by atoms with E-state index >= 15 is 0 Å². The smallest absolute Gasteiger partial charge is 0.338 e. The van der Waals surface area contributed by atoms with Crippen LogP contribution in [0, 0.1) is 0 Å². The van der Waals surface area contributed by atoms with E-state index in [1.54, 1.807) is 31.3 Å². The van der Waals surface area contributed by atoms with Gasteiger partial charge in [0.05, 0.1) is 5.56 Å². The van der Waals surface area contributed by atoms with Gasteiger partial charge in [0.25, 0.3) is 5.91 Å². The molecule has 0 spiro atoms. The van der Waals surface area contributed by atoms with E-state index in [0.29, 0.717) is 17.9 Å². The Kier molecular flexibility index (Phi) is 6.41. The van der Waals surface area contributed by atoms with Gasteiger partial charge in [-0.2, -0.15) is 0 Å². The van der Waals surface area contributed by atoms with Crippen molar-refractivity contribution in [2.24, 2.45) is 0 Å². The highest BCUT2D eigenvalue weighted by molar-refractivity contribution is 5.96. The van der Waals surface area contributed by atoms with Crippen LogP contribution in [0.15, 0.2) is 84.9 Å². The van der Waals surface area contributed by atoms with E-state index in [1.807, 2.05) is 60.7 Å². The summed E-state index contributed by atoms with van der Waals surface area (Å²) in [6.07, 6.45) is 0. The Bertz CT molecular complexity index is 908. The van der Waals surface area contributed by atoms with E-state index in [2.05, 4.69) is 0 Å². The highest BCUT2D eigenvalue weighted by Gasteiger charge is 2.14. The third kappa shape index (κ3) is 5.20. The maximum Gasteiger partial charge on any atom is 0.338 e. The minimum atomic E-state index is -0.551. The Hall–Kier alpha value is -3.60. The second-order valence-electron chi connectivity index (χ2n) is 6.16. The van der Waals surface area contributed by atoms with Crippen molar-refractivity contribution >= 4 is 17.6 Å². The van der Waals surface area contributed by atoms with Crippen LogP contribution in [0.5, 0.6) is 5.75 Å². The molecule has 0 saturated carbocycles. The van der Waals surface area contributed by atoms with E-state index < -0.39 is 5.97 Å². The number of carbonyl (C=O) groups excluding carboxylic acids is 2. The molecule has 0 aliphatic heterocycles. The fraction of sp³-hybridized carbons (Fsp3) is 0.130. The number of amides is 1. The molecule has 0 N–H and O–H groups in total. The minimum absolute atomic E-state index is 0.303. The van der Waals surface area contributed by atoms with Gasteiger partial charge >= 0.3 is 5.97 Å². The molecule has 0 aliphatic rings. The number of carbonyl (C=O) groups is 2. The first-order valence-corrected chi connectivity index (χ1v) is 8.89. The van der Waals surface area contributed by atoms with Crippen molar-refractivity contribution in [3.05, 3.63) is 96.1 Å². The van der Waals surface area contributed by atoms with E-state index in [-0.39, 0.29) is 12.5 Å². The normalized spacial score (nSPS) is 10.2. The van der Waals surface area contributed by atoms with E-state index in [1.165, 1.54) is 4.90 Å². The SMILES string of the molecule is CN(C(=O)COC(=O)c1ccc(OCc2ccccc2)cc1)c1ccccc1. The fourth-order valence-electron chi connectivity index (χ4n) is 2.53. The zero-order valence-corrected chi connectivity index (χ0v) is 15.6. The highest BCUT2D eigenvalue weighted by Crippen LogP contribution is 2.15. The molecule has 3 aromatic carbocycles. The average Bonchev–Trinajstić information content (AvgIpc) is 2.77. The average molecular weight is 375 g/mol. The topological polar surface area (TPSA) is 55.8 Å². The summed E-state index contributed by atoms with van der Waals surface area (Å²) in [5.41, 5.74) is 2.16. The van der Waals surface area contributed by atoms with Gasteiger partial charge in [-0.05, 0) is 42.0 Å². The van der Waals surface area contributed by atoms with E-state index in [0.717, 1.165) is 11.3 Å². The number of esters is 1. The number of ether oxygens (including phenoxy) is 2. The van der Waals surface area contributed by atoms with Crippen molar-refractivity contribution < 1.29 is 19.1 Å². The summed E-state index contributed by atoms with van der Waals surface area (Å²) in [6, 6.07) is 25.6. The van der Waals surface area contributed by atoms with E-state index in [4.69, 9.17) is 9.47 Å². The number of nitrogens with zero attached hydrogens (tertiary/aromatic N) is 1. The Labute approximate surface area is 164 Å². The van der Waals surface area contributed by atoms with Crippen LogP contribution in [0.1, 0.15) is 15.9 Å². The molecular formula is C23H21NO4. The first-order chi connectivity index (χ1) is 13.6. The molecule has 28 heavy (non-hydrogen) atoms. The minimum Gasteiger partial charge on any atom is -0.489 e. The lowest BCUT2D eigenvalue weighted by molar-refractivity contribution is -0.121. The van der Waals surface area contributed by atoms with Crippen LogP contribution >= 0.6 is 0 Å². The summed E-state index contributed by atoms with van der Waals surface area (Å²) in [5.74, 6) is -0.202. The molecule has 0 aromatic heterocycles. The molecule has 3 rings (SSSR count). The molecule has 0 bridgehead atoms. The van der Waals surface area contributed by atoms with Crippen molar-refractivity contribution in [1.29, 1.82) is 0 Å². The van der Waals surface area contributed by atoms with Crippen LogP contribution in [0.4, 0.5) is 5.69 Å². The van der Waals surface area contributed by atoms with Gasteiger partial charge in [0.2, 0.25) is 0 Å². The van der Waals surface area contributed by atoms with Crippen LogP contribution < -0.4 is 9.64 Å². The third-order valence-electron chi connectivity index (χ3n) is 4.18. The standard InChI is InChI=1S/C23H21NO4/c1-24(20-10-6-3-7-11-20)22(25)17-28-23(26)19-12-14-21(15-13-19)27-16-18-8-4-2-5-9-18/h2-15H,16-17H2,1H3. The van der Waals surface area contributed by atoms with Crippen molar-refractivity contribution in [2.45, 2.75) is 6.61 Å². The van der Waals surface area contributed by atoms with Crippen molar-refractivity contribution in [1.82, 2.24) is 0 Å². The van der Waals surface area contributed by atoms with Gasteiger partial charge in [0, 0.05) is 12.7 Å². The summed E-state index contributed by atoms with van der Waals surface area (Å²) < 4.78 is 10.8. The molecule has 0 atom stereocenters. The summed E-state index contributed by atoms with van der Waals surface area (Å²) in [4.78, 5) is 25.8. The first kappa shape index (κ1) is 19.2. The number of anilines is 1. The van der Waals surface area contributed by atoms with Gasteiger partial charge in [-0.1, -0.05) is 48.5 Å². The largest absolute Gasteiger partial charge is 0.489 e. The maximum atomic E-state index is 12.2. The molecule has 0 unspecified atom stereocenters. The molecule has 142 valence electrons. The molecule has 0 radical (unpaired) electrons. The van der Waals surface area contributed by atoms with Gasteiger partial charge in [-0.3, -0.25) is 4.79 Å². The maximum absolute atomic E-state index is 12.2. The van der Waals surface area contributed by atoms with Gasteiger partial charge < -0.3 is 14.4 Å². The van der Waals surface area contributed by atoms with Crippen LogP contribution in [0.2, 0.25) is 0 Å². The Morgan fingerprint density at radius 3 is 2.07 bits per heavy atom. The van der Waals surface area contributed by atoms with Gasteiger partial charge in [0.15, 0.2) is 6.61 Å². The molecular weight excluding hydrogens is 354 g/mol. The molecule has 0 fully saturated rings. The zero-order chi connectivity index (χ0) is 19.8. The zero-order valence-electron chi connectivity index (χ0n) is 15.6. The summed E-state index contributed by atoms with van der Waals surface area (Å²) in [6.45, 7) is 0.126. The van der Waals surface area contributed by atoms with Crippen molar-refractivity contribution in [3.8, 4) is 5.75 Å². The highest BCUT2D eigenvalue weighted by atomic mass is 16.5. The number of benzene rings is 3. The second-order valence-corrected chi connectivity index (χ2v) is 6.16. The fourth-order valence-corrected chi connectivity index (χ4v) is 2.53.